The zero-order valence-corrected chi connectivity index (χ0v) is 21.7. The molecule has 26 heavy (non-hydrogen) atoms. The molecule has 0 aromatic rings. The first-order valence-electron chi connectivity index (χ1n) is 10.2. The van der Waals surface area contributed by atoms with Gasteiger partial charge in [-0.15, -0.1) is 12.3 Å². The minimum Gasteiger partial charge on any atom is -0.417 e. The molecule has 0 aliphatic heterocycles. The summed E-state index contributed by atoms with van der Waals surface area (Å²) < 4.78 is 13.1. The molecular weight excluding hydrogens is 352 g/mol. The third-order valence-corrected chi connectivity index (χ3v) is 15.6. The summed E-state index contributed by atoms with van der Waals surface area (Å²) in [6.45, 7) is 28.3. The van der Waals surface area contributed by atoms with Crippen LogP contribution in [-0.4, -0.2) is 29.3 Å². The molecular formula is C22H46O2Si2. The summed E-state index contributed by atoms with van der Waals surface area (Å²) in [7, 11) is -3.48. The van der Waals surface area contributed by atoms with Crippen molar-refractivity contribution in [2.24, 2.45) is 11.8 Å². The van der Waals surface area contributed by atoms with Crippen LogP contribution in [0, 0.1) is 24.2 Å². The van der Waals surface area contributed by atoms with Crippen LogP contribution in [0.25, 0.3) is 0 Å². The Balaban J connectivity index is 4.84. The fourth-order valence-electron chi connectivity index (χ4n) is 2.44. The normalized spacial score (nSPS) is 17.5. The molecule has 0 amide bonds. The van der Waals surface area contributed by atoms with Gasteiger partial charge in [0.1, 0.15) is 0 Å². The van der Waals surface area contributed by atoms with Crippen LogP contribution in [0.3, 0.4) is 0 Å². The quantitative estimate of drug-likeness (QED) is 0.234. The molecule has 0 saturated carbocycles. The van der Waals surface area contributed by atoms with Crippen molar-refractivity contribution in [3.63, 3.8) is 0 Å². The van der Waals surface area contributed by atoms with Gasteiger partial charge in [0.25, 0.3) is 0 Å². The molecule has 154 valence electrons. The van der Waals surface area contributed by atoms with Gasteiger partial charge in [0.2, 0.25) is 0 Å². The predicted octanol–water partition coefficient (Wildman–Crippen LogP) is 7.08. The average molecular weight is 399 g/mol. The number of rotatable bonds is 9. The lowest BCUT2D eigenvalue weighted by Crippen LogP contribution is -2.47. The van der Waals surface area contributed by atoms with Crippen LogP contribution in [0.1, 0.15) is 68.2 Å². The number of hydrogen-bond donors (Lipinski definition) is 0. The van der Waals surface area contributed by atoms with Crippen molar-refractivity contribution >= 4 is 16.6 Å². The minimum atomic E-state index is -1.83. The smallest absolute Gasteiger partial charge is 0.192 e. The van der Waals surface area contributed by atoms with E-state index in [0.717, 1.165) is 19.4 Å². The van der Waals surface area contributed by atoms with E-state index < -0.39 is 16.6 Å². The Morgan fingerprint density at radius 1 is 0.885 bits per heavy atom. The fraction of sp³-hybridized carbons (Fsp3) is 0.909. The summed E-state index contributed by atoms with van der Waals surface area (Å²) in [5.41, 5.74) is 0. The highest BCUT2D eigenvalue weighted by molar-refractivity contribution is 6.74. The van der Waals surface area contributed by atoms with Crippen molar-refractivity contribution in [1.29, 1.82) is 0 Å². The second-order valence-corrected chi connectivity index (χ2v) is 20.6. The Morgan fingerprint density at radius 3 is 1.73 bits per heavy atom. The van der Waals surface area contributed by atoms with Gasteiger partial charge in [0.15, 0.2) is 16.6 Å². The molecule has 2 nitrogen and oxygen atoms in total. The molecule has 4 heteroatoms. The van der Waals surface area contributed by atoms with E-state index in [-0.39, 0.29) is 22.1 Å². The van der Waals surface area contributed by atoms with Crippen LogP contribution >= 0.6 is 0 Å². The Labute approximate surface area is 167 Å². The molecule has 0 aromatic carbocycles. The first kappa shape index (κ1) is 25.9. The maximum atomic E-state index is 6.73. The van der Waals surface area contributed by atoms with E-state index in [0.29, 0.717) is 5.92 Å². The van der Waals surface area contributed by atoms with E-state index in [1.165, 1.54) is 0 Å². The van der Waals surface area contributed by atoms with Crippen LogP contribution in [0.2, 0.25) is 36.3 Å². The predicted molar refractivity (Wildman–Crippen MR) is 122 cm³/mol. The second-order valence-electron chi connectivity index (χ2n) is 11.0. The summed E-state index contributed by atoms with van der Waals surface area (Å²) in [5, 5.41) is 0.468. The second kappa shape index (κ2) is 9.41. The van der Waals surface area contributed by atoms with Crippen LogP contribution < -0.4 is 0 Å². The van der Waals surface area contributed by atoms with Crippen LogP contribution in [0.4, 0.5) is 0 Å². The van der Waals surface area contributed by atoms with Crippen molar-refractivity contribution < 1.29 is 8.85 Å². The van der Waals surface area contributed by atoms with Crippen molar-refractivity contribution in [1.82, 2.24) is 0 Å². The highest BCUT2D eigenvalue weighted by atomic mass is 28.4. The highest BCUT2D eigenvalue weighted by Gasteiger charge is 2.41. The van der Waals surface area contributed by atoms with Crippen molar-refractivity contribution in [3.05, 3.63) is 0 Å². The van der Waals surface area contributed by atoms with Crippen LogP contribution in [-0.2, 0) is 8.85 Å². The molecule has 0 saturated heterocycles. The Bertz CT molecular complexity index is 464. The average Bonchev–Trinajstić information content (AvgIpc) is 2.45. The first-order chi connectivity index (χ1) is 11.5. The Hall–Kier alpha value is -0.0862. The van der Waals surface area contributed by atoms with Crippen molar-refractivity contribution in [2.45, 2.75) is 111 Å². The monoisotopic (exact) mass is 398 g/mol. The van der Waals surface area contributed by atoms with Crippen molar-refractivity contribution in [3.8, 4) is 12.3 Å². The zero-order valence-electron chi connectivity index (χ0n) is 19.7. The standard InChI is InChI=1S/C22H46O2Si2/c1-14-18(2)20(24-26(12,13)22(7,8)9)19(3)16-15-17-23-25(10,11)21(4,5)6/h1,18-20H,15-17H2,2-13H3/t18-,19-,20-/m0/s1. The van der Waals surface area contributed by atoms with E-state index in [2.05, 4.69) is 87.5 Å². The van der Waals surface area contributed by atoms with E-state index >= 15 is 0 Å². The Kier molecular flexibility index (Phi) is 9.38. The third-order valence-electron chi connectivity index (χ3n) is 6.63. The van der Waals surface area contributed by atoms with E-state index in [4.69, 9.17) is 15.3 Å². The summed E-state index contributed by atoms with van der Waals surface area (Å²) in [6.07, 6.45) is 8.07. The van der Waals surface area contributed by atoms with E-state index in [1.54, 1.807) is 0 Å². The molecule has 0 radical (unpaired) electrons. The van der Waals surface area contributed by atoms with Gasteiger partial charge in [0.05, 0.1) is 6.10 Å². The van der Waals surface area contributed by atoms with Gasteiger partial charge >= 0.3 is 0 Å². The largest absolute Gasteiger partial charge is 0.417 e. The highest BCUT2D eigenvalue weighted by Crippen LogP contribution is 2.40. The topological polar surface area (TPSA) is 18.5 Å². The lowest BCUT2D eigenvalue weighted by molar-refractivity contribution is 0.0880. The molecule has 0 aliphatic rings. The van der Waals surface area contributed by atoms with Gasteiger partial charge in [-0.05, 0) is 61.9 Å². The van der Waals surface area contributed by atoms with Gasteiger partial charge < -0.3 is 8.85 Å². The molecule has 0 spiro atoms. The van der Waals surface area contributed by atoms with Crippen molar-refractivity contribution in [2.75, 3.05) is 6.61 Å². The van der Waals surface area contributed by atoms with Gasteiger partial charge in [-0.3, -0.25) is 0 Å². The lowest BCUT2D eigenvalue weighted by Gasteiger charge is -2.42. The molecule has 0 unspecified atom stereocenters. The lowest BCUT2D eigenvalue weighted by atomic mass is 9.91. The summed E-state index contributed by atoms with van der Waals surface area (Å²) in [5.74, 6) is 3.51. The minimum absolute atomic E-state index is 0.133. The molecule has 0 bridgehead atoms. The maximum Gasteiger partial charge on any atom is 0.192 e. The van der Waals surface area contributed by atoms with Crippen LogP contribution in [0.5, 0.6) is 0 Å². The van der Waals surface area contributed by atoms with E-state index in [1.807, 2.05) is 0 Å². The molecule has 0 N–H and O–H groups in total. The van der Waals surface area contributed by atoms with E-state index in [9.17, 15) is 0 Å². The summed E-state index contributed by atoms with van der Waals surface area (Å²) in [4.78, 5) is 0. The number of terminal acetylenes is 1. The molecule has 0 aliphatic carbocycles. The number of hydrogen-bond acceptors (Lipinski definition) is 2. The fourth-order valence-corrected chi connectivity index (χ4v) is 4.99. The third kappa shape index (κ3) is 7.50. The molecule has 0 fully saturated rings. The van der Waals surface area contributed by atoms with Gasteiger partial charge in [0, 0.05) is 12.5 Å². The van der Waals surface area contributed by atoms with Gasteiger partial charge in [-0.1, -0.05) is 48.5 Å². The zero-order chi connectivity index (χ0) is 21.0. The summed E-state index contributed by atoms with van der Waals surface area (Å²) in [6, 6.07) is 0. The molecule has 0 heterocycles. The van der Waals surface area contributed by atoms with Gasteiger partial charge in [-0.2, -0.15) is 0 Å². The molecule has 0 aromatic heterocycles. The van der Waals surface area contributed by atoms with Crippen LogP contribution in [0.15, 0.2) is 0 Å². The molecule has 0 rings (SSSR count). The Morgan fingerprint density at radius 2 is 1.35 bits per heavy atom. The van der Waals surface area contributed by atoms with Gasteiger partial charge in [-0.25, -0.2) is 0 Å². The maximum absolute atomic E-state index is 6.73. The molecule has 3 atom stereocenters. The summed E-state index contributed by atoms with van der Waals surface area (Å²) >= 11 is 0. The first-order valence-corrected chi connectivity index (χ1v) is 16.1. The SMILES string of the molecule is C#C[C@H](C)[C@H](O[Si](C)(C)C(C)(C)C)[C@@H](C)CCCO[Si](C)(C)C(C)(C)C.